The topological polar surface area (TPSA) is 63.1 Å². The lowest BCUT2D eigenvalue weighted by Crippen LogP contribution is -2.22. The fourth-order valence-electron chi connectivity index (χ4n) is 3.53. The molecule has 6 nitrogen and oxygen atoms in total. The minimum Gasteiger partial charge on any atom is -0.297 e. The number of nitrogens with one attached hydrogen (secondary N) is 1. The van der Waals surface area contributed by atoms with Crippen molar-refractivity contribution in [2.24, 2.45) is 0 Å². The van der Waals surface area contributed by atoms with Crippen molar-refractivity contribution in [3.05, 3.63) is 50.9 Å². The minimum atomic E-state index is -0.0780. The van der Waals surface area contributed by atoms with Gasteiger partial charge in [0, 0.05) is 47.3 Å². The van der Waals surface area contributed by atoms with Crippen LogP contribution in [0.15, 0.2) is 29.9 Å². The molecule has 0 radical (unpaired) electrons. The molecule has 0 spiro atoms. The molecule has 3 aromatic rings. The van der Waals surface area contributed by atoms with Crippen molar-refractivity contribution in [3.63, 3.8) is 0 Å². The molecule has 1 amide bonds. The van der Waals surface area contributed by atoms with Gasteiger partial charge in [-0.1, -0.05) is 0 Å². The summed E-state index contributed by atoms with van der Waals surface area (Å²) in [5.41, 5.74) is 2.40. The summed E-state index contributed by atoms with van der Waals surface area (Å²) in [7, 11) is 0. The van der Waals surface area contributed by atoms with Gasteiger partial charge in [0.05, 0.1) is 10.6 Å². The number of carbonyl (C=O) groups excluding carboxylic acids is 1. The fourth-order valence-corrected chi connectivity index (χ4v) is 5.13. The number of hydrogen-bond donors (Lipinski definition) is 1. The molecule has 27 heavy (non-hydrogen) atoms. The molecule has 1 N–H and O–H groups in total. The molecule has 1 aliphatic heterocycles. The van der Waals surface area contributed by atoms with Crippen molar-refractivity contribution < 1.29 is 4.79 Å². The predicted octanol–water partition coefficient (Wildman–Crippen LogP) is 4.32. The van der Waals surface area contributed by atoms with Crippen molar-refractivity contribution >= 4 is 33.7 Å². The Bertz CT molecular complexity index is 915. The van der Waals surface area contributed by atoms with Crippen LogP contribution in [0.1, 0.15) is 51.6 Å². The fraction of sp³-hybridized carbons (Fsp3) is 0.421. The van der Waals surface area contributed by atoms with Gasteiger partial charge in [-0.05, 0) is 45.4 Å². The summed E-state index contributed by atoms with van der Waals surface area (Å²) in [5, 5.41) is 9.93. The summed E-state index contributed by atoms with van der Waals surface area (Å²) >= 11 is 3.02. The van der Waals surface area contributed by atoms with Gasteiger partial charge in [-0.15, -0.1) is 22.7 Å². The molecule has 3 aromatic heterocycles. The molecule has 0 bridgehead atoms. The summed E-state index contributed by atoms with van der Waals surface area (Å²) < 4.78 is 2.00. The third kappa shape index (κ3) is 3.97. The van der Waals surface area contributed by atoms with Crippen molar-refractivity contribution in [1.29, 1.82) is 0 Å². The highest BCUT2D eigenvalue weighted by Gasteiger charge is 2.28. The van der Waals surface area contributed by atoms with Gasteiger partial charge in [-0.3, -0.25) is 19.7 Å². The van der Waals surface area contributed by atoms with E-state index in [1.807, 2.05) is 16.1 Å². The van der Waals surface area contributed by atoms with Gasteiger partial charge in [-0.25, -0.2) is 4.98 Å². The Morgan fingerprint density at radius 3 is 3.04 bits per heavy atom. The van der Waals surface area contributed by atoms with E-state index in [9.17, 15) is 4.79 Å². The summed E-state index contributed by atoms with van der Waals surface area (Å²) in [6, 6.07) is 4.41. The third-order valence-electron chi connectivity index (χ3n) is 4.94. The van der Waals surface area contributed by atoms with Crippen LogP contribution in [0.25, 0.3) is 0 Å². The molecule has 4 rings (SSSR count). The lowest BCUT2D eigenvalue weighted by molar-refractivity contribution is 0.103. The molecule has 1 aliphatic rings. The Kier molecular flexibility index (Phi) is 5.38. The Balaban J connectivity index is 1.46. The smallest absolute Gasteiger partial charge is 0.267 e. The number of hydrogen-bond acceptors (Lipinski definition) is 6. The average molecular weight is 402 g/mol. The third-order valence-corrected chi connectivity index (χ3v) is 6.81. The molecule has 0 aromatic carbocycles. The van der Waals surface area contributed by atoms with Gasteiger partial charge < -0.3 is 0 Å². The van der Waals surface area contributed by atoms with Gasteiger partial charge in [0.2, 0.25) is 0 Å². The van der Waals surface area contributed by atoms with Gasteiger partial charge in [0.1, 0.15) is 0 Å². The zero-order chi connectivity index (χ0) is 18.8. The second-order valence-corrected chi connectivity index (χ2v) is 8.73. The predicted molar refractivity (Wildman–Crippen MR) is 109 cm³/mol. The molecular weight excluding hydrogens is 378 g/mol. The standard InChI is InChI=1S/C19H23N5OS2/c1-3-24-12-14(13(2)22-24)11-23-9-4-5-15(23)16-6-7-17(27-16)18(25)21-19-20-8-10-26-19/h6-8,10,12,15H,3-5,9,11H2,1-2H3,(H,20,21,25)/t15-/m0/s1. The van der Waals surface area contributed by atoms with Crippen molar-refractivity contribution in [1.82, 2.24) is 19.7 Å². The minimum absolute atomic E-state index is 0.0780. The van der Waals surface area contributed by atoms with Crippen LogP contribution in [0.4, 0.5) is 5.13 Å². The monoisotopic (exact) mass is 401 g/mol. The van der Waals surface area contributed by atoms with Crippen LogP contribution in [-0.2, 0) is 13.1 Å². The van der Waals surface area contributed by atoms with E-state index >= 15 is 0 Å². The second-order valence-electron chi connectivity index (χ2n) is 6.72. The first-order chi connectivity index (χ1) is 13.1. The van der Waals surface area contributed by atoms with E-state index in [-0.39, 0.29) is 5.91 Å². The van der Waals surface area contributed by atoms with E-state index in [1.165, 1.54) is 28.2 Å². The zero-order valence-electron chi connectivity index (χ0n) is 15.5. The molecule has 1 fully saturated rings. The summed E-state index contributed by atoms with van der Waals surface area (Å²) in [5.74, 6) is -0.0780. The van der Waals surface area contributed by atoms with Crippen LogP contribution in [0, 0.1) is 6.92 Å². The van der Waals surface area contributed by atoms with Crippen LogP contribution in [0.5, 0.6) is 0 Å². The number of nitrogens with zero attached hydrogens (tertiary/aromatic N) is 4. The molecule has 4 heterocycles. The first-order valence-electron chi connectivity index (χ1n) is 9.21. The van der Waals surface area contributed by atoms with Crippen LogP contribution >= 0.6 is 22.7 Å². The highest BCUT2D eigenvalue weighted by molar-refractivity contribution is 7.15. The highest BCUT2D eigenvalue weighted by Crippen LogP contribution is 2.37. The van der Waals surface area contributed by atoms with Gasteiger partial charge >= 0.3 is 0 Å². The number of thiophene rings is 1. The van der Waals surface area contributed by atoms with Gasteiger partial charge in [0.25, 0.3) is 5.91 Å². The van der Waals surface area contributed by atoms with E-state index in [0.29, 0.717) is 11.2 Å². The molecule has 142 valence electrons. The molecule has 1 saturated heterocycles. The highest BCUT2D eigenvalue weighted by atomic mass is 32.1. The summed E-state index contributed by atoms with van der Waals surface area (Å²) in [6.45, 7) is 7.08. The average Bonchev–Trinajstić information content (AvgIpc) is 3.42. The lowest BCUT2D eigenvalue weighted by Gasteiger charge is -2.23. The number of thiazole rings is 1. The Morgan fingerprint density at radius 2 is 2.30 bits per heavy atom. The summed E-state index contributed by atoms with van der Waals surface area (Å²) in [6.07, 6.45) is 6.17. The van der Waals surface area contributed by atoms with E-state index < -0.39 is 0 Å². The van der Waals surface area contributed by atoms with Gasteiger partial charge in [-0.2, -0.15) is 5.10 Å². The van der Waals surface area contributed by atoms with Crippen LogP contribution in [0.2, 0.25) is 0 Å². The SMILES string of the molecule is CCn1cc(CN2CCC[C@H]2c2ccc(C(=O)Nc3nccs3)s2)c(C)n1. The molecule has 8 heteroatoms. The normalized spacial score (nSPS) is 17.5. The number of aryl methyl sites for hydroxylation is 2. The number of likely N-dealkylation sites (tertiary alicyclic amines) is 1. The van der Waals surface area contributed by atoms with Crippen molar-refractivity contribution in [2.45, 2.75) is 45.8 Å². The van der Waals surface area contributed by atoms with E-state index in [2.05, 4.69) is 46.4 Å². The van der Waals surface area contributed by atoms with Gasteiger partial charge in [0.15, 0.2) is 5.13 Å². The maximum absolute atomic E-state index is 12.4. The number of carbonyl (C=O) groups is 1. The lowest BCUT2D eigenvalue weighted by atomic mass is 10.1. The Labute approximate surface area is 166 Å². The van der Waals surface area contributed by atoms with Crippen LogP contribution in [-0.4, -0.2) is 32.1 Å². The molecule has 0 aliphatic carbocycles. The maximum atomic E-state index is 12.4. The molecule has 1 atom stereocenters. The largest absolute Gasteiger partial charge is 0.297 e. The Morgan fingerprint density at radius 1 is 1.41 bits per heavy atom. The van der Waals surface area contributed by atoms with E-state index in [1.54, 1.807) is 17.5 Å². The summed E-state index contributed by atoms with van der Waals surface area (Å²) in [4.78, 5) is 21.1. The first-order valence-corrected chi connectivity index (χ1v) is 10.9. The molecule has 0 unspecified atom stereocenters. The van der Waals surface area contributed by atoms with Crippen molar-refractivity contribution in [2.75, 3.05) is 11.9 Å². The Hall–Kier alpha value is -2.03. The maximum Gasteiger partial charge on any atom is 0.267 e. The zero-order valence-corrected chi connectivity index (χ0v) is 17.1. The van der Waals surface area contributed by atoms with Crippen molar-refractivity contribution in [3.8, 4) is 0 Å². The number of aromatic nitrogens is 3. The molecule has 0 saturated carbocycles. The number of amides is 1. The van der Waals surface area contributed by atoms with E-state index in [0.717, 1.165) is 36.6 Å². The van der Waals surface area contributed by atoms with Crippen LogP contribution < -0.4 is 5.32 Å². The first kappa shape index (κ1) is 18.3. The molecular formula is C19H23N5OS2. The quantitative estimate of drug-likeness (QED) is 0.668. The van der Waals surface area contributed by atoms with E-state index in [4.69, 9.17) is 0 Å². The number of rotatable bonds is 6. The van der Waals surface area contributed by atoms with Crippen LogP contribution in [0.3, 0.4) is 0 Å². The second kappa shape index (κ2) is 7.92. The number of anilines is 1.